The Morgan fingerprint density at radius 3 is 2.83 bits per heavy atom. The molecule has 1 aromatic carbocycles. The number of thiophene rings is 1. The minimum atomic E-state index is -0.444. The first-order valence-corrected chi connectivity index (χ1v) is 6.25. The van der Waals surface area contributed by atoms with Crippen molar-refractivity contribution >= 4 is 23.1 Å². The lowest BCUT2D eigenvalue weighted by atomic mass is 10.1. The smallest absolute Gasteiger partial charge is 0.284 e. The monoisotopic (exact) mass is 261 g/mol. The van der Waals surface area contributed by atoms with Crippen molar-refractivity contribution in [3.8, 4) is 0 Å². The number of aryl methyl sites for hydroxylation is 1. The normalized spacial score (nSPS) is 11.3. The van der Waals surface area contributed by atoms with Crippen LogP contribution in [0.4, 0.5) is 0 Å². The molecular weight excluding hydrogens is 248 g/mol. The summed E-state index contributed by atoms with van der Waals surface area (Å²) in [5, 5.41) is 4.28. The molecule has 0 aliphatic rings. The number of carbonyl (C=O) groups excluding carboxylic acids is 1. The maximum absolute atomic E-state index is 11.6. The summed E-state index contributed by atoms with van der Waals surface area (Å²) < 4.78 is 0. The molecule has 5 heteroatoms. The third-order valence-corrected chi connectivity index (χ3v) is 3.16. The Hall–Kier alpha value is -2.14. The van der Waals surface area contributed by atoms with Crippen molar-refractivity contribution in [2.45, 2.75) is 6.92 Å². The highest BCUT2D eigenvalue weighted by Crippen LogP contribution is 2.08. The average molecular weight is 261 g/mol. The zero-order valence-electron chi connectivity index (χ0n) is 9.84. The van der Waals surface area contributed by atoms with Crippen LogP contribution in [0.5, 0.6) is 0 Å². The second kappa shape index (κ2) is 5.46. The van der Waals surface area contributed by atoms with Gasteiger partial charge in [0.1, 0.15) is 4.88 Å². The lowest BCUT2D eigenvalue weighted by molar-refractivity contribution is -0.721. The van der Waals surface area contributed by atoms with Crippen LogP contribution in [-0.2, 0) is 4.84 Å². The Balaban J connectivity index is 2.08. The first-order valence-electron chi connectivity index (χ1n) is 5.37. The first kappa shape index (κ1) is 12.3. The average Bonchev–Trinajstić information content (AvgIpc) is 2.89. The third-order valence-electron chi connectivity index (χ3n) is 2.31. The predicted molar refractivity (Wildman–Crippen MR) is 70.2 cm³/mol. The van der Waals surface area contributed by atoms with Gasteiger partial charge in [-0.05, 0) is 30.5 Å². The summed E-state index contributed by atoms with van der Waals surface area (Å²) in [6.45, 7) is 1.97. The van der Waals surface area contributed by atoms with Crippen molar-refractivity contribution in [1.82, 2.24) is 0 Å². The number of hydrogen-bond donors (Lipinski definition) is 2. The van der Waals surface area contributed by atoms with Crippen molar-refractivity contribution < 1.29 is 14.8 Å². The molecule has 0 saturated carbocycles. The number of hydrogen-bond acceptors (Lipinski definition) is 3. The van der Waals surface area contributed by atoms with Crippen molar-refractivity contribution in [2.24, 2.45) is 5.73 Å². The van der Waals surface area contributed by atoms with E-state index in [1.54, 1.807) is 12.1 Å². The van der Waals surface area contributed by atoms with Gasteiger partial charge in [0, 0.05) is 0 Å². The number of rotatable bonds is 3. The maximum Gasteiger partial charge on any atom is 0.397 e. The molecule has 0 aliphatic carbocycles. The molecule has 0 aliphatic heterocycles. The lowest BCUT2D eigenvalue weighted by Gasteiger charge is -1.97. The Kier molecular flexibility index (Phi) is 3.74. The fourth-order valence-electron chi connectivity index (χ4n) is 1.42. The second-order valence-electron chi connectivity index (χ2n) is 3.75. The van der Waals surface area contributed by atoms with E-state index in [1.807, 2.05) is 36.6 Å². The van der Waals surface area contributed by atoms with Gasteiger partial charge in [0.15, 0.2) is 0 Å². The molecule has 0 radical (unpaired) electrons. The Labute approximate surface area is 109 Å². The zero-order chi connectivity index (χ0) is 13.0. The molecule has 0 fully saturated rings. The summed E-state index contributed by atoms with van der Waals surface area (Å²) in [5.41, 5.74) is 7.67. The van der Waals surface area contributed by atoms with Crippen molar-refractivity contribution in [2.75, 3.05) is 0 Å². The van der Waals surface area contributed by atoms with Crippen LogP contribution in [0.25, 0.3) is 0 Å². The molecule has 2 rings (SSSR count). The van der Waals surface area contributed by atoms with Crippen LogP contribution < -0.4 is 10.9 Å². The number of carbonyl (C=O) groups is 1. The van der Waals surface area contributed by atoms with Gasteiger partial charge < -0.3 is 0 Å². The van der Waals surface area contributed by atoms with Gasteiger partial charge in [0.05, 0.1) is 5.56 Å². The van der Waals surface area contributed by atoms with Gasteiger partial charge in [0.2, 0.25) is 0 Å². The molecule has 2 aromatic rings. The highest BCUT2D eigenvalue weighted by Gasteiger charge is 2.11. The number of nitrogens with one attached hydrogen (secondary N) is 1. The van der Waals surface area contributed by atoms with Gasteiger partial charge >= 0.3 is 11.8 Å². The molecule has 1 aromatic heterocycles. The van der Waals surface area contributed by atoms with Crippen LogP contribution in [-0.4, -0.2) is 11.8 Å². The van der Waals surface area contributed by atoms with Gasteiger partial charge in [-0.25, -0.2) is 4.79 Å². The number of nitrogens with two attached hydrogens (primary N) is 1. The minimum Gasteiger partial charge on any atom is -0.284 e. The van der Waals surface area contributed by atoms with Crippen LogP contribution >= 0.6 is 11.3 Å². The molecule has 0 atom stereocenters. The summed E-state index contributed by atoms with van der Waals surface area (Å²) in [7, 11) is 0. The topological polar surface area (TPSA) is 66.3 Å². The van der Waals surface area contributed by atoms with Gasteiger partial charge in [-0.15, -0.1) is 11.3 Å². The van der Waals surface area contributed by atoms with Gasteiger partial charge in [0.25, 0.3) is 0 Å². The Morgan fingerprint density at radius 2 is 2.17 bits per heavy atom. The van der Waals surface area contributed by atoms with E-state index in [4.69, 9.17) is 10.6 Å². The number of benzene rings is 1. The first-order chi connectivity index (χ1) is 8.66. The van der Waals surface area contributed by atoms with Crippen LogP contribution in [0.3, 0.4) is 0 Å². The highest BCUT2D eigenvalue weighted by molar-refractivity contribution is 7.11. The lowest BCUT2D eigenvalue weighted by Crippen LogP contribution is -2.75. The minimum absolute atomic E-state index is 0.309. The molecule has 0 spiro atoms. The van der Waals surface area contributed by atoms with E-state index in [0.29, 0.717) is 10.7 Å². The molecule has 92 valence electrons. The highest BCUT2D eigenvalue weighted by atomic mass is 32.1. The summed E-state index contributed by atoms with van der Waals surface area (Å²) in [6.07, 6.45) is 0. The van der Waals surface area contributed by atoms with E-state index in [-0.39, 0.29) is 0 Å². The predicted octanol–water partition coefficient (Wildman–Crippen LogP) is 0.614. The number of amidine groups is 1. The summed E-state index contributed by atoms with van der Waals surface area (Å²) >= 11 is 1.32. The molecule has 0 unspecified atom stereocenters. The van der Waals surface area contributed by atoms with Crippen molar-refractivity contribution in [3.63, 3.8) is 0 Å². The van der Waals surface area contributed by atoms with E-state index < -0.39 is 5.97 Å². The van der Waals surface area contributed by atoms with E-state index in [1.165, 1.54) is 11.3 Å². The largest absolute Gasteiger partial charge is 0.397 e. The fraction of sp³-hybridized carbons (Fsp3) is 0.0769. The van der Waals surface area contributed by atoms with E-state index in [0.717, 1.165) is 11.1 Å². The van der Waals surface area contributed by atoms with Crippen LogP contribution in [0.1, 0.15) is 20.8 Å². The second-order valence-corrected chi connectivity index (χ2v) is 4.70. The van der Waals surface area contributed by atoms with Crippen LogP contribution in [0.2, 0.25) is 0 Å². The molecule has 18 heavy (non-hydrogen) atoms. The molecule has 1 heterocycles. The maximum atomic E-state index is 11.6. The van der Waals surface area contributed by atoms with Crippen molar-refractivity contribution in [3.05, 3.63) is 57.8 Å². The van der Waals surface area contributed by atoms with Gasteiger partial charge in [-0.1, -0.05) is 28.9 Å². The Morgan fingerprint density at radius 1 is 1.33 bits per heavy atom. The third kappa shape index (κ3) is 2.95. The zero-order valence-corrected chi connectivity index (χ0v) is 10.7. The molecule has 0 amide bonds. The molecule has 0 saturated heterocycles. The van der Waals surface area contributed by atoms with Gasteiger partial charge in [-0.2, -0.15) is 0 Å². The van der Waals surface area contributed by atoms with Gasteiger partial charge in [-0.3, -0.25) is 10.6 Å². The van der Waals surface area contributed by atoms with E-state index in [9.17, 15) is 4.79 Å². The summed E-state index contributed by atoms with van der Waals surface area (Å²) in [5.74, 6) is -0.135. The van der Waals surface area contributed by atoms with Crippen LogP contribution in [0.15, 0.2) is 41.8 Å². The standard InChI is InChI=1S/C13H12N2O2S/c1-9-4-2-5-10(8-9)12(14)15-17-13(16)11-6-3-7-18-11/h2-8H,1H3,(H2,14,15)/p+1. The molecule has 4 nitrogen and oxygen atoms in total. The van der Waals surface area contributed by atoms with Crippen molar-refractivity contribution in [1.29, 1.82) is 0 Å². The molecule has 3 N–H and O–H groups in total. The quantitative estimate of drug-likeness (QED) is 0.368. The summed E-state index contributed by atoms with van der Waals surface area (Å²) in [6, 6.07) is 11.1. The van der Waals surface area contributed by atoms with E-state index in [2.05, 4.69) is 5.16 Å². The van der Waals surface area contributed by atoms with Crippen LogP contribution in [0, 0.1) is 6.92 Å². The fourth-order valence-corrected chi connectivity index (χ4v) is 2.02. The molecule has 0 bridgehead atoms. The SMILES string of the molecule is Cc1cccc(C(N)=[NH+]OC(=O)c2cccs2)c1. The summed E-state index contributed by atoms with van der Waals surface area (Å²) in [4.78, 5) is 17.0. The van der Waals surface area contributed by atoms with E-state index >= 15 is 0 Å². The Bertz CT molecular complexity index is 576. The number of nitrogen functional groups attached to an aromatic ring is 1. The molecular formula is C13H13N2O2S+.